The van der Waals surface area contributed by atoms with Crippen LogP contribution in [0.1, 0.15) is 69.0 Å². The van der Waals surface area contributed by atoms with E-state index in [0.29, 0.717) is 5.92 Å². The van der Waals surface area contributed by atoms with E-state index in [9.17, 15) is 0 Å². The smallest absolute Gasteiger partial charge is 0.113 e. The highest BCUT2D eigenvalue weighted by Gasteiger charge is 2.46. The second-order valence-corrected chi connectivity index (χ2v) is 8.28. The van der Waals surface area contributed by atoms with Gasteiger partial charge in [0, 0.05) is 4.88 Å². The Balaban J connectivity index is 2.42. The van der Waals surface area contributed by atoms with Crippen molar-refractivity contribution in [2.24, 2.45) is 17.1 Å². The molecule has 2 N–H and O–H groups in total. The maximum atomic E-state index is 6.90. The summed E-state index contributed by atoms with van der Waals surface area (Å²) < 4.78 is 0. The molecule has 19 heavy (non-hydrogen) atoms. The topological polar surface area (TPSA) is 38.9 Å². The number of nitrogens with two attached hydrogens (primary N) is 1. The van der Waals surface area contributed by atoms with Crippen molar-refractivity contribution in [3.05, 3.63) is 15.6 Å². The Kier molecular flexibility index (Phi) is 4.08. The molecule has 3 heteroatoms. The first-order valence-corrected chi connectivity index (χ1v) is 8.36. The van der Waals surface area contributed by atoms with Crippen LogP contribution in [0.25, 0.3) is 0 Å². The molecule has 0 radical (unpaired) electrons. The lowest BCUT2D eigenvalue weighted by molar-refractivity contribution is 0.0775. The highest BCUT2D eigenvalue weighted by molar-refractivity contribution is 7.11. The lowest BCUT2D eigenvalue weighted by Gasteiger charge is -2.46. The van der Waals surface area contributed by atoms with E-state index in [4.69, 9.17) is 10.7 Å². The molecule has 108 valence electrons. The number of aryl methyl sites for hydroxylation is 2. The third kappa shape index (κ3) is 2.73. The van der Waals surface area contributed by atoms with Gasteiger partial charge < -0.3 is 5.73 Å². The van der Waals surface area contributed by atoms with Crippen LogP contribution in [0.15, 0.2) is 0 Å². The van der Waals surface area contributed by atoms with Gasteiger partial charge in [0.05, 0.1) is 11.2 Å². The number of hydrogen-bond acceptors (Lipinski definition) is 3. The summed E-state index contributed by atoms with van der Waals surface area (Å²) in [6.45, 7) is 11.3. The largest absolute Gasteiger partial charge is 0.319 e. The fourth-order valence-corrected chi connectivity index (χ4v) is 4.80. The van der Waals surface area contributed by atoms with Crippen LogP contribution in [0.5, 0.6) is 0 Å². The van der Waals surface area contributed by atoms with Crippen molar-refractivity contribution in [1.29, 1.82) is 0 Å². The lowest BCUT2D eigenvalue weighted by atomic mass is 9.62. The van der Waals surface area contributed by atoms with Crippen LogP contribution < -0.4 is 5.73 Å². The predicted octanol–water partition coefficient (Wildman–Crippen LogP) is 4.40. The van der Waals surface area contributed by atoms with Gasteiger partial charge >= 0.3 is 0 Å². The molecule has 1 heterocycles. The van der Waals surface area contributed by atoms with E-state index in [1.54, 1.807) is 0 Å². The molecule has 1 aliphatic carbocycles. The Hall–Kier alpha value is -0.410. The molecule has 1 aliphatic rings. The Morgan fingerprint density at radius 3 is 2.58 bits per heavy atom. The molecule has 0 saturated heterocycles. The molecule has 2 rings (SSSR count). The van der Waals surface area contributed by atoms with E-state index in [0.717, 1.165) is 12.8 Å². The highest BCUT2D eigenvalue weighted by atomic mass is 32.1. The summed E-state index contributed by atoms with van der Waals surface area (Å²) in [5.41, 5.74) is 8.18. The van der Waals surface area contributed by atoms with Crippen LogP contribution >= 0.6 is 11.3 Å². The molecule has 2 unspecified atom stereocenters. The summed E-state index contributed by atoms with van der Waals surface area (Å²) in [7, 11) is 0. The Labute approximate surface area is 121 Å². The van der Waals surface area contributed by atoms with Crippen molar-refractivity contribution >= 4 is 11.3 Å². The SMILES string of the molecule is CCc1nc(C2(N)CCCCC2C(C)(C)C)sc1C. The fourth-order valence-electron chi connectivity index (χ4n) is 3.61. The monoisotopic (exact) mass is 280 g/mol. The zero-order valence-corrected chi connectivity index (χ0v) is 13.9. The molecule has 1 fully saturated rings. The van der Waals surface area contributed by atoms with Crippen LogP contribution in [0.4, 0.5) is 0 Å². The lowest BCUT2D eigenvalue weighted by Crippen LogP contribution is -2.51. The van der Waals surface area contributed by atoms with Crippen molar-refractivity contribution in [1.82, 2.24) is 4.98 Å². The summed E-state index contributed by atoms with van der Waals surface area (Å²) in [6.07, 6.45) is 5.89. The van der Waals surface area contributed by atoms with Gasteiger partial charge in [-0.25, -0.2) is 4.98 Å². The van der Waals surface area contributed by atoms with Crippen molar-refractivity contribution in [2.75, 3.05) is 0 Å². The third-order valence-corrected chi connectivity index (χ3v) is 5.83. The minimum atomic E-state index is -0.209. The van der Waals surface area contributed by atoms with E-state index in [-0.39, 0.29) is 11.0 Å². The van der Waals surface area contributed by atoms with E-state index in [1.807, 2.05) is 11.3 Å². The second kappa shape index (κ2) is 5.17. The predicted molar refractivity (Wildman–Crippen MR) is 83.5 cm³/mol. The van der Waals surface area contributed by atoms with Gasteiger partial charge in [0.15, 0.2) is 0 Å². The standard InChI is InChI=1S/C16H28N2S/c1-6-12-11(2)19-14(18-12)16(17)10-8-7-9-13(16)15(3,4)5/h13H,6-10,17H2,1-5H3. The first-order valence-electron chi connectivity index (χ1n) is 7.54. The summed E-state index contributed by atoms with van der Waals surface area (Å²) >= 11 is 1.83. The normalized spacial score (nSPS) is 28.6. The minimum Gasteiger partial charge on any atom is -0.319 e. The summed E-state index contributed by atoms with van der Waals surface area (Å²) in [5.74, 6) is 0.531. The maximum absolute atomic E-state index is 6.90. The quantitative estimate of drug-likeness (QED) is 0.872. The van der Waals surface area contributed by atoms with E-state index in [1.165, 1.54) is 34.8 Å². The molecule has 0 aromatic carbocycles. The molecule has 0 amide bonds. The van der Waals surface area contributed by atoms with Crippen molar-refractivity contribution in [3.63, 3.8) is 0 Å². The van der Waals surface area contributed by atoms with Crippen LogP contribution in [0.2, 0.25) is 0 Å². The van der Waals surface area contributed by atoms with Crippen molar-refractivity contribution in [2.45, 2.75) is 72.3 Å². The van der Waals surface area contributed by atoms with E-state index in [2.05, 4.69) is 34.6 Å². The fraction of sp³-hybridized carbons (Fsp3) is 0.812. The maximum Gasteiger partial charge on any atom is 0.113 e. The van der Waals surface area contributed by atoms with Crippen LogP contribution in [0.3, 0.4) is 0 Å². The number of nitrogens with zero attached hydrogens (tertiary/aromatic N) is 1. The third-order valence-electron chi connectivity index (χ3n) is 4.63. The molecule has 1 aromatic rings. The zero-order valence-electron chi connectivity index (χ0n) is 13.0. The zero-order chi connectivity index (χ0) is 14.3. The van der Waals surface area contributed by atoms with Gasteiger partial charge in [0.1, 0.15) is 5.01 Å². The second-order valence-electron chi connectivity index (χ2n) is 7.08. The molecule has 0 bridgehead atoms. The average molecular weight is 280 g/mol. The van der Waals surface area contributed by atoms with E-state index >= 15 is 0 Å². The van der Waals surface area contributed by atoms with Crippen LogP contribution in [-0.4, -0.2) is 4.98 Å². The van der Waals surface area contributed by atoms with Gasteiger partial charge in [-0.2, -0.15) is 0 Å². The van der Waals surface area contributed by atoms with Crippen molar-refractivity contribution in [3.8, 4) is 0 Å². The van der Waals surface area contributed by atoms with Gasteiger partial charge in [-0.3, -0.25) is 0 Å². The first-order chi connectivity index (χ1) is 8.79. The summed E-state index contributed by atoms with van der Waals surface area (Å²) in [5, 5.41) is 1.18. The number of rotatable bonds is 2. The van der Waals surface area contributed by atoms with Gasteiger partial charge in [-0.15, -0.1) is 11.3 Å². The molecule has 2 atom stereocenters. The van der Waals surface area contributed by atoms with Gasteiger partial charge in [0.2, 0.25) is 0 Å². The highest BCUT2D eigenvalue weighted by Crippen LogP contribution is 2.49. The average Bonchev–Trinajstić information content (AvgIpc) is 2.70. The molecule has 1 saturated carbocycles. The number of aromatic nitrogens is 1. The molecule has 2 nitrogen and oxygen atoms in total. The van der Waals surface area contributed by atoms with Gasteiger partial charge in [-0.1, -0.05) is 40.5 Å². The number of thiazole rings is 1. The molecule has 0 aliphatic heterocycles. The Morgan fingerprint density at radius 2 is 2.05 bits per heavy atom. The van der Waals surface area contributed by atoms with Crippen molar-refractivity contribution < 1.29 is 0 Å². The molecular weight excluding hydrogens is 252 g/mol. The minimum absolute atomic E-state index is 0.209. The Morgan fingerprint density at radius 1 is 1.37 bits per heavy atom. The van der Waals surface area contributed by atoms with Crippen LogP contribution in [-0.2, 0) is 12.0 Å². The number of hydrogen-bond donors (Lipinski definition) is 1. The molecule has 0 spiro atoms. The molecular formula is C16H28N2S. The Bertz CT molecular complexity index is 444. The van der Waals surface area contributed by atoms with Crippen LogP contribution in [0, 0.1) is 18.3 Å². The summed E-state index contributed by atoms with van der Waals surface area (Å²) in [4.78, 5) is 6.23. The summed E-state index contributed by atoms with van der Waals surface area (Å²) in [6, 6.07) is 0. The first kappa shape index (κ1) is 15.0. The van der Waals surface area contributed by atoms with Gasteiger partial charge in [-0.05, 0) is 37.5 Å². The molecule has 1 aromatic heterocycles. The van der Waals surface area contributed by atoms with Gasteiger partial charge in [0.25, 0.3) is 0 Å². The van der Waals surface area contributed by atoms with E-state index < -0.39 is 0 Å².